The van der Waals surface area contributed by atoms with Crippen LogP contribution < -0.4 is 6.15 Å². The Labute approximate surface area is 72.5 Å². The molecule has 0 aromatic heterocycles. The minimum absolute atomic E-state index is 0. The van der Waals surface area contributed by atoms with Crippen LogP contribution in [-0.2, 0) is 16.5 Å². The molecule has 0 atom stereocenters. The molecule has 0 aliphatic heterocycles. The first-order valence-electron chi connectivity index (χ1n) is 1.91. The van der Waals surface area contributed by atoms with Crippen molar-refractivity contribution in [1.29, 1.82) is 5.26 Å². The molecule has 0 aromatic rings. The predicted molar refractivity (Wildman–Crippen MR) is 37.2 cm³/mol. The van der Waals surface area contributed by atoms with Crippen LogP contribution in [-0.4, -0.2) is 0 Å². The van der Waals surface area contributed by atoms with Gasteiger partial charge in [0, 0.05) is 5.92 Å². The van der Waals surface area contributed by atoms with Gasteiger partial charge in [0.2, 0.25) is 0 Å². The van der Waals surface area contributed by atoms with Gasteiger partial charge in [0.1, 0.15) is 0 Å². The number of nitriles is 1. The van der Waals surface area contributed by atoms with E-state index in [1.54, 1.807) is 0 Å². The maximum absolute atomic E-state index is 7.89. The van der Waals surface area contributed by atoms with E-state index in [0.29, 0.717) is 0 Å². The molecule has 0 bridgehead atoms. The second-order valence-electron chi connectivity index (χ2n) is 1.33. The molecule has 5 heteroatoms. The molecule has 60 valence electrons. The van der Waals surface area contributed by atoms with Crippen LogP contribution >= 0.6 is 18.8 Å². The molecule has 0 aliphatic carbocycles. The number of halogens is 2. The molecule has 0 aliphatic rings. The van der Waals surface area contributed by atoms with Gasteiger partial charge >= 0.3 is 35.3 Å². The second-order valence-corrected chi connectivity index (χ2v) is 4.61. The zero-order valence-electron chi connectivity index (χ0n) is 5.30. The first kappa shape index (κ1) is 16.4. The predicted octanol–water partition coefficient (Wildman–Crippen LogP) is 2.70. The van der Waals surface area contributed by atoms with Crippen LogP contribution in [0.5, 0.6) is 0 Å². The van der Waals surface area contributed by atoms with Crippen molar-refractivity contribution < 1.29 is 16.5 Å². The van der Waals surface area contributed by atoms with Crippen LogP contribution in [0, 0.1) is 17.2 Å². The van der Waals surface area contributed by atoms with Crippen molar-refractivity contribution in [3.8, 4) is 6.07 Å². The standard InChI is InChI=1S/C4H7N.2ClH.H3N.Pt/c1-4(2)3-5;;;;/h4H,1-2H3;2*1H;1H3;/q;;;;+2/p-2. The maximum atomic E-state index is 7.89. The molecule has 3 N–H and O–H groups in total. The van der Waals surface area contributed by atoms with E-state index in [4.69, 9.17) is 24.1 Å². The summed E-state index contributed by atoms with van der Waals surface area (Å²) in [7, 11) is 9.75. The third kappa shape index (κ3) is 53.3. The first-order valence-corrected chi connectivity index (χ1v) is 7.54. The van der Waals surface area contributed by atoms with E-state index in [1.165, 1.54) is 0 Å². The van der Waals surface area contributed by atoms with Crippen LogP contribution in [0.1, 0.15) is 13.8 Å². The normalized spacial score (nSPS) is 6.67. The molecule has 0 saturated heterocycles. The Bertz CT molecular complexity index is 71.5. The molecule has 2 nitrogen and oxygen atoms in total. The van der Waals surface area contributed by atoms with Gasteiger partial charge in [-0.05, 0) is 13.8 Å². The van der Waals surface area contributed by atoms with Gasteiger partial charge in [-0.3, -0.25) is 0 Å². The third-order valence-electron chi connectivity index (χ3n) is 0.258. The van der Waals surface area contributed by atoms with E-state index < -0.39 is 16.5 Å². The Morgan fingerprint density at radius 3 is 1.56 bits per heavy atom. The van der Waals surface area contributed by atoms with Crippen molar-refractivity contribution in [2.24, 2.45) is 5.92 Å². The Hall–Kier alpha value is 0.718. The summed E-state index contributed by atoms with van der Waals surface area (Å²) in [4.78, 5) is 0. The Balaban J connectivity index is -0.0000000800. The second kappa shape index (κ2) is 15.9. The van der Waals surface area contributed by atoms with Gasteiger partial charge in [-0.15, -0.1) is 0 Å². The van der Waals surface area contributed by atoms with Crippen molar-refractivity contribution >= 4 is 18.8 Å². The average molecular weight is 352 g/mol. The van der Waals surface area contributed by atoms with Gasteiger partial charge in [0.15, 0.2) is 0 Å². The molecule has 0 amide bonds. The summed E-state index contributed by atoms with van der Waals surface area (Å²) in [5.74, 6) is 0.190. The molecule has 0 fully saturated rings. The molecule has 0 radical (unpaired) electrons. The Morgan fingerprint density at radius 1 is 1.44 bits per heavy atom. The summed E-state index contributed by atoms with van der Waals surface area (Å²) in [6.07, 6.45) is 0. The van der Waals surface area contributed by atoms with Crippen molar-refractivity contribution in [3.05, 3.63) is 0 Å². The molecular formula is C4H10Cl2N2Pt. The summed E-state index contributed by atoms with van der Waals surface area (Å²) in [5, 5.41) is 7.89. The monoisotopic (exact) mass is 351 g/mol. The van der Waals surface area contributed by atoms with Crippen LogP contribution in [0.2, 0.25) is 0 Å². The van der Waals surface area contributed by atoms with E-state index in [-0.39, 0.29) is 12.1 Å². The molecule has 0 spiro atoms. The van der Waals surface area contributed by atoms with Crippen molar-refractivity contribution in [2.75, 3.05) is 0 Å². The molecular weight excluding hydrogens is 342 g/mol. The van der Waals surface area contributed by atoms with Crippen LogP contribution in [0.15, 0.2) is 0 Å². The molecule has 0 rings (SSSR count). The summed E-state index contributed by atoms with van der Waals surface area (Å²) < 4.78 is 0. The minimum atomic E-state index is -0.472. The summed E-state index contributed by atoms with van der Waals surface area (Å²) >= 11 is -0.472. The number of rotatable bonds is 0. The number of hydrogen-bond acceptors (Lipinski definition) is 2. The third-order valence-corrected chi connectivity index (χ3v) is 0.258. The molecule has 0 aromatic carbocycles. The molecule has 0 saturated carbocycles. The van der Waals surface area contributed by atoms with Crippen molar-refractivity contribution in [1.82, 2.24) is 6.15 Å². The SMILES string of the molecule is CC(C)C#N.N.[Cl][Pt][Cl]. The quantitative estimate of drug-likeness (QED) is 0.729. The zero-order valence-corrected chi connectivity index (χ0v) is 9.09. The Kier molecular flexibility index (Phi) is 28.9. The molecule has 9 heavy (non-hydrogen) atoms. The van der Waals surface area contributed by atoms with Crippen molar-refractivity contribution in [3.63, 3.8) is 0 Å². The van der Waals surface area contributed by atoms with Crippen LogP contribution in [0.3, 0.4) is 0 Å². The summed E-state index contributed by atoms with van der Waals surface area (Å²) in [5.41, 5.74) is 0. The van der Waals surface area contributed by atoms with Gasteiger partial charge < -0.3 is 6.15 Å². The van der Waals surface area contributed by atoms with Gasteiger partial charge in [0.05, 0.1) is 6.07 Å². The number of nitrogens with zero attached hydrogens (tertiary/aromatic N) is 1. The topological polar surface area (TPSA) is 58.8 Å². The molecule has 0 unspecified atom stereocenters. The van der Waals surface area contributed by atoms with Gasteiger partial charge in [-0.25, -0.2) is 0 Å². The first-order chi connectivity index (χ1) is 3.68. The number of hydrogen-bond donors (Lipinski definition) is 1. The van der Waals surface area contributed by atoms with Crippen LogP contribution in [0.4, 0.5) is 0 Å². The fourth-order valence-corrected chi connectivity index (χ4v) is 0. The van der Waals surface area contributed by atoms with E-state index in [1.807, 2.05) is 19.9 Å². The zero-order chi connectivity index (χ0) is 6.99. The molecule has 0 heterocycles. The van der Waals surface area contributed by atoms with Crippen molar-refractivity contribution in [2.45, 2.75) is 13.8 Å². The van der Waals surface area contributed by atoms with Gasteiger partial charge in [0.25, 0.3) is 0 Å². The summed E-state index contributed by atoms with van der Waals surface area (Å²) in [6.45, 7) is 3.72. The fourth-order valence-electron chi connectivity index (χ4n) is 0. The average Bonchev–Trinajstić information content (AvgIpc) is 1.69. The van der Waals surface area contributed by atoms with E-state index in [9.17, 15) is 0 Å². The summed E-state index contributed by atoms with van der Waals surface area (Å²) in [6, 6.07) is 2.03. The van der Waals surface area contributed by atoms with Gasteiger partial charge in [-0.2, -0.15) is 5.26 Å². The van der Waals surface area contributed by atoms with E-state index >= 15 is 0 Å². The van der Waals surface area contributed by atoms with Crippen LogP contribution in [0.25, 0.3) is 0 Å². The van der Waals surface area contributed by atoms with E-state index in [0.717, 1.165) is 0 Å². The van der Waals surface area contributed by atoms with Gasteiger partial charge in [-0.1, -0.05) is 0 Å². The Morgan fingerprint density at radius 2 is 1.56 bits per heavy atom. The fraction of sp³-hybridized carbons (Fsp3) is 0.750. The van der Waals surface area contributed by atoms with E-state index in [2.05, 4.69) is 0 Å².